The van der Waals surface area contributed by atoms with Crippen molar-refractivity contribution in [3.05, 3.63) is 34.9 Å². The van der Waals surface area contributed by atoms with E-state index in [1.54, 1.807) is 18.9 Å². The number of methoxy groups -OCH3 is 1. The molecule has 0 spiro atoms. The number of benzene rings is 1. The maximum Gasteiger partial charge on any atom is 0.230 e. The Bertz CT molecular complexity index is 360. The zero-order valence-electron chi connectivity index (χ0n) is 9.74. The van der Waals surface area contributed by atoms with Crippen LogP contribution >= 0.6 is 23.4 Å². The number of amides is 1. The third-order valence-electron chi connectivity index (χ3n) is 2.02. The van der Waals surface area contributed by atoms with Crippen molar-refractivity contribution >= 4 is 29.3 Å². The second-order valence-corrected chi connectivity index (χ2v) is 4.89. The topological polar surface area (TPSA) is 38.3 Å². The molecule has 0 aliphatic carbocycles. The zero-order chi connectivity index (χ0) is 12.5. The van der Waals surface area contributed by atoms with E-state index in [1.165, 1.54) is 0 Å². The van der Waals surface area contributed by atoms with Crippen molar-refractivity contribution in [3.63, 3.8) is 0 Å². The highest BCUT2D eigenvalue weighted by Crippen LogP contribution is 2.16. The van der Waals surface area contributed by atoms with Crippen LogP contribution < -0.4 is 5.32 Å². The Labute approximate surface area is 111 Å². The molecule has 1 aromatic carbocycles. The SMILES string of the molecule is COCCNC(=O)CSCc1cccc(Cl)c1. The number of nitrogens with one attached hydrogen (secondary N) is 1. The van der Waals surface area contributed by atoms with Gasteiger partial charge in [-0.2, -0.15) is 0 Å². The maximum atomic E-state index is 11.4. The summed E-state index contributed by atoms with van der Waals surface area (Å²) in [6.45, 7) is 1.11. The van der Waals surface area contributed by atoms with Crippen molar-refractivity contribution < 1.29 is 9.53 Å². The standard InChI is InChI=1S/C12H16ClNO2S/c1-16-6-5-14-12(15)9-17-8-10-3-2-4-11(13)7-10/h2-4,7H,5-6,8-9H2,1H3,(H,14,15). The average Bonchev–Trinajstić information content (AvgIpc) is 2.29. The number of hydrogen-bond acceptors (Lipinski definition) is 3. The highest BCUT2D eigenvalue weighted by atomic mass is 35.5. The molecule has 0 radical (unpaired) electrons. The first-order valence-corrected chi connectivity index (χ1v) is 6.83. The van der Waals surface area contributed by atoms with E-state index in [0.717, 1.165) is 16.3 Å². The molecule has 0 saturated heterocycles. The molecule has 0 aliphatic rings. The van der Waals surface area contributed by atoms with Crippen molar-refractivity contribution in [2.45, 2.75) is 5.75 Å². The molecule has 1 N–H and O–H groups in total. The molecule has 0 bridgehead atoms. The second kappa shape index (κ2) is 8.39. The van der Waals surface area contributed by atoms with Crippen LogP contribution in [0.1, 0.15) is 5.56 Å². The Balaban J connectivity index is 2.17. The van der Waals surface area contributed by atoms with Gasteiger partial charge in [-0.15, -0.1) is 11.8 Å². The van der Waals surface area contributed by atoms with Crippen molar-refractivity contribution in [2.24, 2.45) is 0 Å². The molecule has 5 heteroatoms. The Kier molecular flexibility index (Phi) is 7.08. The summed E-state index contributed by atoms with van der Waals surface area (Å²) in [7, 11) is 1.61. The van der Waals surface area contributed by atoms with Gasteiger partial charge in [-0.3, -0.25) is 4.79 Å². The maximum absolute atomic E-state index is 11.4. The van der Waals surface area contributed by atoms with Gasteiger partial charge in [-0.05, 0) is 17.7 Å². The highest BCUT2D eigenvalue weighted by Gasteiger charge is 2.01. The van der Waals surface area contributed by atoms with E-state index in [9.17, 15) is 4.79 Å². The normalized spacial score (nSPS) is 10.2. The summed E-state index contributed by atoms with van der Waals surface area (Å²) in [5.74, 6) is 1.28. The second-order valence-electron chi connectivity index (χ2n) is 3.47. The Morgan fingerprint density at radius 1 is 1.53 bits per heavy atom. The van der Waals surface area contributed by atoms with Crippen LogP contribution in [0.2, 0.25) is 5.02 Å². The Morgan fingerprint density at radius 3 is 3.06 bits per heavy atom. The zero-order valence-corrected chi connectivity index (χ0v) is 11.3. The van der Waals surface area contributed by atoms with Gasteiger partial charge in [-0.1, -0.05) is 23.7 Å². The number of halogens is 1. The molecule has 0 saturated carbocycles. The molecule has 3 nitrogen and oxygen atoms in total. The first-order chi connectivity index (χ1) is 8.22. The van der Waals surface area contributed by atoms with Crippen LogP contribution in [-0.2, 0) is 15.3 Å². The summed E-state index contributed by atoms with van der Waals surface area (Å²) in [5.41, 5.74) is 1.13. The van der Waals surface area contributed by atoms with Crippen LogP contribution in [0, 0.1) is 0 Å². The minimum Gasteiger partial charge on any atom is -0.383 e. The lowest BCUT2D eigenvalue weighted by Gasteiger charge is -2.04. The molecule has 0 aliphatic heterocycles. The quantitative estimate of drug-likeness (QED) is 0.775. The fourth-order valence-electron chi connectivity index (χ4n) is 1.23. The lowest BCUT2D eigenvalue weighted by molar-refractivity contribution is -0.118. The predicted octanol–water partition coefficient (Wildman–Crippen LogP) is 2.34. The summed E-state index contributed by atoms with van der Waals surface area (Å²) in [5, 5.41) is 3.50. The molecule has 0 unspecified atom stereocenters. The molecule has 17 heavy (non-hydrogen) atoms. The van der Waals surface area contributed by atoms with E-state index < -0.39 is 0 Å². The molecular weight excluding hydrogens is 258 g/mol. The van der Waals surface area contributed by atoms with Crippen molar-refractivity contribution in [1.29, 1.82) is 0 Å². The number of carbonyl (C=O) groups excluding carboxylic acids is 1. The lowest BCUT2D eigenvalue weighted by Crippen LogP contribution is -2.28. The minimum absolute atomic E-state index is 0.0362. The van der Waals surface area contributed by atoms with E-state index in [1.807, 2.05) is 24.3 Å². The molecule has 0 atom stereocenters. The molecule has 0 heterocycles. The van der Waals surface area contributed by atoms with E-state index in [2.05, 4.69) is 5.32 Å². The van der Waals surface area contributed by atoms with Crippen LogP contribution in [0.3, 0.4) is 0 Å². The molecule has 1 aromatic rings. The van der Waals surface area contributed by atoms with E-state index in [-0.39, 0.29) is 5.91 Å². The molecule has 1 rings (SSSR count). The average molecular weight is 274 g/mol. The fourth-order valence-corrected chi connectivity index (χ4v) is 2.25. The third-order valence-corrected chi connectivity index (χ3v) is 3.26. The number of hydrogen-bond donors (Lipinski definition) is 1. The van der Waals surface area contributed by atoms with Gasteiger partial charge in [0.15, 0.2) is 0 Å². The number of thioether (sulfide) groups is 1. The smallest absolute Gasteiger partial charge is 0.230 e. The highest BCUT2D eigenvalue weighted by molar-refractivity contribution is 7.99. The van der Waals surface area contributed by atoms with Crippen LogP contribution in [0.15, 0.2) is 24.3 Å². The van der Waals surface area contributed by atoms with Gasteiger partial charge in [0.2, 0.25) is 5.91 Å². The molecule has 0 fully saturated rings. The van der Waals surface area contributed by atoms with Gasteiger partial charge in [0.25, 0.3) is 0 Å². The van der Waals surface area contributed by atoms with Crippen LogP contribution in [0.25, 0.3) is 0 Å². The van der Waals surface area contributed by atoms with Gasteiger partial charge in [0, 0.05) is 24.4 Å². The van der Waals surface area contributed by atoms with E-state index >= 15 is 0 Å². The van der Waals surface area contributed by atoms with Crippen molar-refractivity contribution in [3.8, 4) is 0 Å². The molecule has 94 valence electrons. The molecule has 0 aromatic heterocycles. The largest absolute Gasteiger partial charge is 0.383 e. The van der Waals surface area contributed by atoms with Gasteiger partial charge in [-0.25, -0.2) is 0 Å². The van der Waals surface area contributed by atoms with E-state index in [0.29, 0.717) is 18.9 Å². The summed E-state index contributed by atoms with van der Waals surface area (Å²) < 4.78 is 4.84. The Morgan fingerprint density at radius 2 is 2.35 bits per heavy atom. The van der Waals surface area contributed by atoms with Gasteiger partial charge in [0.05, 0.1) is 12.4 Å². The van der Waals surface area contributed by atoms with Crippen LogP contribution in [0.4, 0.5) is 0 Å². The third kappa shape index (κ3) is 6.56. The van der Waals surface area contributed by atoms with Crippen molar-refractivity contribution in [2.75, 3.05) is 26.0 Å². The lowest BCUT2D eigenvalue weighted by atomic mass is 10.2. The summed E-state index contributed by atoms with van der Waals surface area (Å²) in [6.07, 6.45) is 0. The monoisotopic (exact) mass is 273 g/mol. The Hall–Kier alpha value is -0.710. The first kappa shape index (κ1) is 14.4. The fraction of sp³-hybridized carbons (Fsp3) is 0.417. The summed E-state index contributed by atoms with van der Waals surface area (Å²) in [6, 6.07) is 7.67. The van der Waals surface area contributed by atoms with Crippen LogP contribution in [-0.4, -0.2) is 31.9 Å². The number of carbonyl (C=O) groups is 1. The predicted molar refractivity (Wildman–Crippen MR) is 72.5 cm³/mol. The van der Waals surface area contributed by atoms with Crippen LogP contribution in [0.5, 0.6) is 0 Å². The van der Waals surface area contributed by atoms with Gasteiger partial charge in [0.1, 0.15) is 0 Å². The van der Waals surface area contributed by atoms with Crippen molar-refractivity contribution in [1.82, 2.24) is 5.32 Å². The minimum atomic E-state index is 0.0362. The first-order valence-electron chi connectivity index (χ1n) is 5.30. The van der Waals surface area contributed by atoms with Gasteiger partial charge >= 0.3 is 0 Å². The molecular formula is C12H16ClNO2S. The van der Waals surface area contributed by atoms with E-state index in [4.69, 9.17) is 16.3 Å². The van der Waals surface area contributed by atoms with Gasteiger partial charge < -0.3 is 10.1 Å². The summed E-state index contributed by atoms with van der Waals surface area (Å²) >= 11 is 7.44. The number of ether oxygens (including phenoxy) is 1. The molecule has 1 amide bonds. The summed E-state index contributed by atoms with van der Waals surface area (Å²) in [4.78, 5) is 11.4. The number of rotatable bonds is 7.